The van der Waals surface area contributed by atoms with E-state index in [4.69, 9.17) is 14.2 Å². The van der Waals surface area contributed by atoms with E-state index in [1.54, 1.807) is 36.4 Å². The minimum Gasteiger partial charge on any atom is -0.507 e. The van der Waals surface area contributed by atoms with Gasteiger partial charge in [0.25, 0.3) is 11.7 Å². The lowest BCUT2D eigenvalue weighted by molar-refractivity contribution is -0.139. The molecule has 1 atom stereocenters. The Labute approximate surface area is 207 Å². The van der Waals surface area contributed by atoms with Gasteiger partial charge < -0.3 is 29.1 Å². The van der Waals surface area contributed by atoms with Crippen LogP contribution in [-0.4, -0.2) is 75.1 Å². The van der Waals surface area contributed by atoms with Gasteiger partial charge >= 0.3 is 0 Å². The fourth-order valence-electron chi connectivity index (χ4n) is 4.04. The summed E-state index contributed by atoms with van der Waals surface area (Å²) in [5, 5.41) is 11.2. The largest absolute Gasteiger partial charge is 0.507 e. The minimum absolute atomic E-state index is 0.0199. The van der Waals surface area contributed by atoms with Crippen molar-refractivity contribution in [1.82, 2.24) is 9.80 Å². The number of aliphatic hydroxyl groups is 1. The monoisotopic (exact) mass is 532 g/mol. The average Bonchev–Trinajstić information content (AvgIpc) is 3.07. The van der Waals surface area contributed by atoms with E-state index < -0.39 is 17.7 Å². The van der Waals surface area contributed by atoms with Gasteiger partial charge in [0.15, 0.2) is 11.5 Å². The van der Waals surface area contributed by atoms with Gasteiger partial charge in [-0.25, -0.2) is 0 Å². The molecule has 1 N–H and O–H groups in total. The molecular formula is C25H29BrN2O6. The SMILES string of the molecule is COc1cc(C2C(=C(O)c3ccc(Br)cc3)C(=O)C(=O)N2CCCN(C)C)cc(OC)c1OC. The van der Waals surface area contributed by atoms with Crippen molar-refractivity contribution in [3.8, 4) is 17.2 Å². The molecule has 3 rings (SSSR count). The number of aliphatic hydroxyl groups excluding tert-OH is 1. The molecule has 0 radical (unpaired) electrons. The fraction of sp³-hybridized carbons (Fsp3) is 0.360. The molecule has 1 aliphatic heterocycles. The van der Waals surface area contributed by atoms with Crippen LogP contribution in [0.15, 0.2) is 46.4 Å². The Balaban J connectivity index is 2.21. The van der Waals surface area contributed by atoms with E-state index in [2.05, 4.69) is 15.9 Å². The molecule has 182 valence electrons. The number of methoxy groups -OCH3 is 3. The van der Waals surface area contributed by atoms with Crippen LogP contribution in [0.3, 0.4) is 0 Å². The zero-order chi connectivity index (χ0) is 25.0. The summed E-state index contributed by atoms with van der Waals surface area (Å²) in [6, 6.07) is 9.47. The van der Waals surface area contributed by atoms with Gasteiger partial charge in [0.1, 0.15) is 5.76 Å². The van der Waals surface area contributed by atoms with Crippen LogP contribution >= 0.6 is 15.9 Å². The second-order valence-electron chi connectivity index (χ2n) is 8.11. The lowest BCUT2D eigenvalue weighted by atomic mass is 9.94. The molecule has 8 nitrogen and oxygen atoms in total. The predicted octanol–water partition coefficient (Wildman–Crippen LogP) is 3.85. The molecule has 0 bridgehead atoms. The summed E-state index contributed by atoms with van der Waals surface area (Å²) in [6.07, 6.45) is 0.652. The molecule has 0 saturated carbocycles. The zero-order valence-corrected chi connectivity index (χ0v) is 21.5. The molecule has 1 unspecified atom stereocenters. The summed E-state index contributed by atoms with van der Waals surface area (Å²) in [5.41, 5.74) is 1.02. The van der Waals surface area contributed by atoms with Crippen molar-refractivity contribution < 1.29 is 28.9 Å². The van der Waals surface area contributed by atoms with E-state index in [1.165, 1.54) is 26.2 Å². The number of amides is 1. The Hall–Kier alpha value is -3.04. The van der Waals surface area contributed by atoms with Crippen molar-refractivity contribution in [3.63, 3.8) is 0 Å². The molecule has 0 spiro atoms. The molecule has 0 aliphatic carbocycles. The van der Waals surface area contributed by atoms with Crippen LogP contribution < -0.4 is 14.2 Å². The van der Waals surface area contributed by atoms with Gasteiger partial charge in [-0.3, -0.25) is 9.59 Å². The quantitative estimate of drug-likeness (QED) is 0.298. The standard InChI is InChI=1S/C25H29BrN2O6/c1-27(2)11-6-12-28-21(16-13-18(32-3)24(34-5)19(14-16)33-4)20(23(30)25(28)31)22(29)15-7-9-17(26)10-8-15/h7-10,13-14,21,29H,6,11-12H2,1-5H3. The summed E-state index contributed by atoms with van der Waals surface area (Å²) in [4.78, 5) is 29.8. The fourth-order valence-corrected chi connectivity index (χ4v) is 4.30. The number of Topliss-reactive ketones (excluding diaryl/α,β-unsaturated/α-hetero) is 1. The molecule has 0 aromatic heterocycles. The predicted molar refractivity (Wildman–Crippen MR) is 132 cm³/mol. The number of hydrogen-bond donors (Lipinski definition) is 1. The molecule has 1 aliphatic rings. The first-order valence-electron chi connectivity index (χ1n) is 10.7. The van der Waals surface area contributed by atoms with Crippen molar-refractivity contribution in [3.05, 3.63) is 57.6 Å². The van der Waals surface area contributed by atoms with Gasteiger partial charge in [-0.15, -0.1) is 0 Å². The molecule has 2 aromatic rings. The zero-order valence-electron chi connectivity index (χ0n) is 19.9. The van der Waals surface area contributed by atoms with Gasteiger partial charge in [-0.05, 0) is 56.9 Å². The molecule has 1 heterocycles. The Morgan fingerprint density at radius 2 is 1.62 bits per heavy atom. The van der Waals surface area contributed by atoms with Crippen molar-refractivity contribution in [2.24, 2.45) is 0 Å². The Kier molecular flexibility index (Phi) is 8.22. The third kappa shape index (κ3) is 5.05. The molecule has 34 heavy (non-hydrogen) atoms. The lowest BCUT2D eigenvalue weighted by Gasteiger charge is -2.27. The first-order valence-corrected chi connectivity index (χ1v) is 11.5. The Morgan fingerprint density at radius 3 is 2.12 bits per heavy atom. The number of nitrogens with zero attached hydrogens (tertiary/aromatic N) is 2. The summed E-state index contributed by atoms with van der Waals surface area (Å²) in [5.74, 6) is -0.454. The first kappa shape index (κ1) is 25.6. The highest BCUT2D eigenvalue weighted by Crippen LogP contribution is 2.45. The molecular weight excluding hydrogens is 504 g/mol. The second kappa shape index (κ2) is 10.9. The van der Waals surface area contributed by atoms with Crippen molar-refractivity contribution >= 4 is 33.4 Å². The van der Waals surface area contributed by atoms with E-state index in [-0.39, 0.29) is 11.3 Å². The molecule has 1 amide bonds. The lowest BCUT2D eigenvalue weighted by Crippen LogP contribution is -2.32. The molecule has 2 aromatic carbocycles. The number of carbonyl (C=O) groups excluding carboxylic acids is 2. The van der Waals surface area contributed by atoms with Crippen LogP contribution in [0, 0.1) is 0 Å². The van der Waals surface area contributed by atoms with Crippen molar-refractivity contribution in [1.29, 1.82) is 0 Å². The topological polar surface area (TPSA) is 88.5 Å². The Bertz CT molecular complexity index is 1070. The number of likely N-dealkylation sites (tertiary alicyclic amines) is 1. The Morgan fingerprint density at radius 1 is 1.03 bits per heavy atom. The highest BCUT2D eigenvalue weighted by atomic mass is 79.9. The normalized spacial score (nSPS) is 17.4. The third-order valence-electron chi connectivity index (χ3n) is 5.66. The number of benzene rings is 2. The highest BCUT2D eigenvalue weighted by molar-refractivity contribution is 9.10. The smallest absolute Gasteiger partial charge is 0.295 e. The molecule has 1 saturated heterocycles. The van der Waals surface area contributed by atoms with E-state index in [0.29, 0.717) is 41.3 Å². The number of ketones is 1. The van der Waals surface area contributed by atoms with Crippen LogP contribution in [0.4, 0.5) is 0 Å². The van der Waals surface area contributed by atoms with Crippen LogP contribution in [-0.2, 0) is 9.59 Å². The van der Waals surface area contributed by atoms with E-state index in [9.17, 15) is 14.7 Å². The summed E-state index contributed by atoms with van der Waals surface area (Å²) >= 11 is 3.37. The van der Waals surface area contributed by atoms with Crippen LogP contribution in [0.25, 0.3) is 5.76 Å². The number of halogens is 1. The number of rotatable bonds is 9. The maximum Gasteiger partial charge on any atom is 0.295 e. The third-order valence-corrected chi connectivity index (χ3v) is 6.19. The van der Waals surface area contributed by atoms with E-state index in [0.717, 1.165) is 11.0 Å². The van der Waals surface area contributed by atoms with E-state index in [1.807, 2.05) is 19.0 Å². The van der Waals surface area contributed by atoms with Gasteiger partial charge in [-0.2, -0.15) is 0 Å². The number of hydrogen-bond acceptors (Lipinski definition) is 7. The molecule has 9 heteroatoms. The van der Waals surface area contributed by atoms with Crippen LogP contribution in [0.5, 0.6) is 17.2 Å². The minimum atomic E-state index is -0.820. The van der Waals surface area contributed by atoms with Gasteiger partial charge in [0, 0.05) is 16.6 Å². The van der Waals surface area contributed by atoms with Gasteiger partial charge in [0.05, 0.1) is 32.9 Å². The van der Waals surface area contributed by atoms with Crippen molar-refractivity contribution in [2.45, 2.75) is 12.5 Å². The maximum absolute atomic E-state index is 13.2. The van der Waals surface area contributed by atoms with E-state index >= 15 is 0 Å². The van der Waals surface area contributed by atoms with Crippen LogP contribution in [0.1, 0.15) is 23.6 Å². The summed E-state index contributed by atoms with van der Waals surface area (Å²) < 4.78 is 17.2. The summed E-state index contributed by atoms with van der Waals surface area (Å²) in [7, 11) is 8.38. The average molecular weight is 533 g/mol. The highest BCUT2D eigenvalue weighted by Gasteiger charge is 2.46. The summed E-state index contributed by atoms with van der Waals surface area (Å²) in [6.45, 7) is 1.07. The second-order valence-corrected chi connectivity index (χ2v) is 9.03. The van der Waals surface area contributed by atoms with Gasteiger partial charge in [-0.1, -0.05) is 28.1 Å². The van der Waals surface area contributed by atoms with Crippen molar-refractivity contribution in [2.75, 3.05) is 48.5 Å². The molecule has 1 fully saturated rings. The van der Waals surface area contributed by atoms with Crippen LogP contribution in [0.2, 0.25) is 0 Å². The number of carbonyl (C=O) groups is 2. The van der Waals surface area contributed by atoms with Gasteiger partial charge in [0.2, 0.25) is 5.75 Å². The number of ether oxygens (including phenoxy) is 3. The maximum atomic E-state index is 13.2. The first-order chi connectivity index (χ1) is 16.2.